The van der Waals surface area contributed by atoms with Crippen molar-refractivity contribution in [1.29, 1.82) is 0 Å². The van der Waals surface area contributed by atoms with E-state index < -0.39 is 0 Å². The van der Waals surface area contributed by atoms with Gasteiger partial charge in [0.25, 0.3) is 0 Å². The molecule has 5 atom stereocenters. The van der Waals surface area contributed by atoms with Crippen molar-refractivity contribution in [1.82, 2.24) is 0 Å². The van der Waals surface area contributed by atoms with Crippen molar-refractivity contribution in [3.05, 3.63) is 12.7 Å². The number of hydrogen-bond donors (Lipinski definition) is 0. The van der Waals surface area contributed by atoms with Gasteiger partial charge in [0.2, 0.25) is 0 Å². The Labute approximate surface area is 145 Å². The molecule has 2 heteroatoms. The SMILES string of the molecule is C=C[C@@]1(C)CC[C@H]2C(C)(C)[C@@H](Br)CC[C@]2(C)[C@@H]1CCC(C)=O. The molecule has 1 nitrogen and oxygen atoms in total. The normalized spacial score (nSPS) is 44.2. The van der Waals surface area contributed by atoms with Crippen LogP contribution in [0.1, 0.15) is 73.1 Å². The van der Waals surface area contributed by atoms with E-state index in [-0.39, 0.29) is 5.41 Å². The third-order valence-corrected chi connectivity index (χ3v) is 8.89. The maximum absolute atomic E-state index is 11.6. The van der Waals surface area contributed by atoms with E-state index >= 15 is 0 Å². The largest absolute Gasteiger partial charge is 0.300 e. The van der Waals surface area contributed by atoms with E-state index in [2.05, 4.69) is 56.3 Å². The second-order valence-corrected chi connectivity index (χ2v) is 10.0. The Hall–Kier alpha value is -0.110. The lowest BCUT2D eigenvalue weighted by Crippen LogP contribution is -2.57. The summed E-state index contributed by atoms with van der Waals surface area (Å²) in [5, 5.41) is 0. The third kappa shape index (κ3) is 2.85. The van der Waals surface area contributed by atoms with Crippen LogP contribution in [-0.4, -0.2) is 10.6 Å². The lowest BCUT2D eigenvalue weighted by Gasteiger charge is -2.63. The van der Waals surface area contributed by atoms with Crippen LogP contribution in [-0.2, 0) is 4.79 Å². The molecule has 126 valence electrons. The number of fused-ring (bicyclic) bond motifs is 1. The monoisotopic (exact) mass is 368 g/mol. The number of allylic oxidation sites excluding steroid dienone is 1. The van der Waals surface area contributed by atoms with Gasteiger partial charge in [-0.1, -0.05) is 49.7 Å². The highest BCUT2D eigenvalue weighted by atomic mass is 79.9. The topological polar surface area (TPSA) is 17.1 Å². The smallest absolute Gasteiger partial charge is 0.129 e. The molecule has 0 aromatic heterocycles. The number of alkyl halides is 1. The standard InChI is InChI=1S/C20H33BrO/c1-7-19(5)12-10-15-18(3,4)17(21)11-13-20(15,6)16(19)9-8-14(2)22/h7,15-17H,1,8-13H2,2-6H3/t15-,16+,17-,19-,20-/m0/s1. The minimum atomic E-state index is 0.177. The molecule has 2 rings (SSSR count). The lowest BCUT2D eigenvalue weighted by molar-refractivity contribution is -0.124. The summed E-state index contributed by atoms with van der Waals surface area (Å²) in [4.78, 5) is 12.2. The first-order valence-corrected chi connectivity index (χ1v) is 9.76. The average molecular weight is 369 g/mol. The first-order valence-electron chi connectivity index (χ1n) is 8.85. The molecule has 0 N–H and O–H groups in total. The van der Waals surface area contributed by atoms with Crippen LogP contribution in [0, 0.1) is 28.1 Å². The van der Waals surface area contributed by atoms with Gasteiger partial charge < -0.3 is 4.79 Å². The van der Waals surface area contributed by atoms with Gasteiger partial charge in [-0.05, 0) is 67.1 Å². The van der Waals surface area contributed by atoms with Crippen LogP contribution in [0.15, 0.2) is 12.7 Å². The molecule has 0 bridgehead atoms. The average Bonchev–Trinajstić information content (AvgIpc) is 2.42. The molecule has 0 aliphatic heterocycles. The van der Waals surface area contributed by atoms with Crippen LogP contribution < -0.4 is 0 Å². The molecule has 22 heavy (non-hydrogen) atoms. The molecule has 0 amide bonds. The number of carbonyl (C=O) groups is 1. The molecule has 0 spiro atoms. The molecule has 0 heterocycles. The van der Waals surface area contributed by atoms with Crippen LogP contribution in [0.2, 0.25) is 0 Å². The molecule has 0 radical (unpaired) electrons. The van der Waals surface area contributed by atoms with Crippen LogP contribution >= 0.6 is 15.9 Å². The van der Waals surface area contributed by atoms with Crippen molar-refractivity contribution in [2.45, 2.75) is 78.0 Å². The van der Waals surface area contributed by atoms with Crippen LogP contribution in [0.4, 0.5) is 0 Å². The zero-order valence-electron chi connectivity index (χ0n) is 15.0. The fourth-order valence-corrected chi connectivity index (χ4v) is 6.35. The summed E-state index contributed by atoms with van der Waals surface area (Å²) in [6.07, 6.45) is 8.93. The molecular weight excluding hydrogens is 336 g/mol. The van der Waals surface area contributed by atoms with E-state index in [0.717, 1.165) is 12.3 Å². The summed E-state index contributed by atoms with van der Waals surface area (Å²) in [6.45, 7) is 15.6. The predicted molar refractivity (Wildman–Crippen MR) is 98.3 cm³/mol. The minimum Gasteiger partial charge on any atom is -0.300 e. The molecule has 0 saturated heterocycles. The Morgan fingerprint density at radius 3 is 2.41 bits per heavy atom. The van der Waals surface area contributed by atoms with Gasteiger partial charge in [-0.2, -0.15) is 0 Å². The number of ketones is 1. The fraction of sp³-hybridized carbons (Fsp3) is 0.850. The summed E-state index contributed by atoms with van der Waals surface area (Å²) < 4.78 is 0. The van der Waals surface area contributed by atoms with Gasteiger partial charge in [-0.15, -0.1) is 6.58 Å². The van der Waals surface area contributed by atoms with Gasteiger partial charge in [0.1, 0.15) is 5.78 Å². The van der Waals surface area contributed by atoms with Crippen molar-refractivity contribution in [2.75, 3.05) is 0 Å². The fourth-order valence-electron chi connectivity index (χ4n) is 5.81. The Morgan fingerprint density at radius 2 is 1.86 bits per heavy atom. The van der Waals surface area contributed by atoms with Crippen molar-refractivity contribution in [3.63, 3.8) is 0 Å². The van der Waals surface area contributed by atoms with Gasteiger partial charge in [-0.3, -0.25) is 0 Å². The van der Waals surface area contributed by atoms with Gasteiger partial charge in [0.05, 0.1) is 0 Å². The zero-order valence-corrected chi connectivity index (χ0v) is 16.6. The van der Waals surface area contributed by atoms with E-state index in [1.807, 2.05) is 0 Å². The van der Waals surface area contributed by atoms with Gasteiger partial charge >= 0.3 is 0 Å². The van der Waals surface area contributed by atoms with Crippen LogP contribution in [0.25, 0.3) is 0 Å². The highest BCUT2D eigenvalue weighted by Gasteiger charge is 2.59. The van der Waals surface area contributed by atoms with E-state index in [1.165, 1.54) is 25.7 Å². The summed E-state index contributed by atoms with van der Waals surface area (Å²) in [5.74, 6) is 1.62. The Bertz CT molecular complexity index is 455. The van der Waals surface area contributed by atoms with E-state index in [1.54, 1.807) is 6.92 Å². The first kappa shape index (κ1) is 18.2. The van der Waals surface area contributed by atoms with Gasteiger partial charge in [-0.25, -0.2) is 0 Å². The number of Topliss-reactive ketones (excluding diaryl/α,β-unsaturated/α-hetero) is 1. The number of hydrogen-bond acceptors (Lipinski definition) is 1. The van der Waals surface area contributed by atoms with Crippen molar-refractivity contribution in [3.8, 4) is 0 Å². The Kier molecular flexibility index (Phi) is 5.03. The molecular formula is C20H33BrO. The van der Waals surface area contributed by atoms with Crippen molar-refractivity contribution >= 4 is 21.7 Å². The summed E-state index contributed by atoms with van der Waals surface area (Å²) in [7, 11) is 0. The summed E-state index contributed by atoms with van der Waals surface area (Å²) >= 11 is 3.95. The van der Waals surface area contributed by atoms with Gasteiger partial charge in [0, 0.05) is 11.2 Å². The van der Waals surface area contributed by atoms with E-state index in [9.17, 15) is 4.79 Å². The maximum atomic E-state index is 11.6. The quantitative estimate of drug-likeness (QED) is 0.428. The van der Waals surface area contributed by atoms with Crippen molar-refractivity contribution in [2.24, 2.45) is 28.1 Å². The van der Waals surface area contributed by atoms with E-state index in [0.29, 0.717) is 33.8 Å². The highest BCUT2D eigenvalue weighted by molar-refractivity contribution is 9.09. The minimum absolute atomic E-state index is 0.177. The summed E-state index contributed by atoms with van der Waals surface area (Å²) in [6, 6.07) is 0. The lowest BCUT2D eigenvalue weighted by atomic mass is 9.43. The second-order valence-electron chi connectivity index (χ2n) is 8.93. The van der Waals surface area contributed by atoms with Crippen molar-refractivity contribution < 1.29 is 4.79 Å². The maximum Gasteiger partial charge on any atom is 0.129 e. The Morgan fingerprint density at radius 1 is 1.23 bits per heavy atom. The Balaban J connectivity index is 2.39. The molecule has 0 aromatic rings. The van der Waals surface area contributed by atoms with Crippen LogP contribution in [0.5, 0.6) is 0 Å². The predicted octanol–water partition coefficient (Wildman–Crippen LogP) is 6.16. The molecule has 2 aliphatic carbocycles. The number of carbonyl (C=O) groups excluding carboxylic acids is 1. The molecule has 2 aliphatic rings. The summed E-state index contributed by atoms with van der Waals surface area (Å²) in [5.41, 5.74) is 0.824. The van der Waals surface area contributed by atoms with Gasteiger partial charge in [0.15, 0.2) is 0 Å². The third-order valence-electron chi connectivity index (χ3n) is 7.25. The molecule has 0 aromatic carbocycles. The zero-order chi connectivity index (χ0) is 16.8. The first-order chi connectivity index (χ1) is 10.1. The molecule has 0 unspecified atom stereocenters. The van der Waals surface area contributed by atoms with Crippen LogP contribution in [0.3, 0.4) is 0 Å². The second kappa shape index (κ2) is 6.07. The number of rotatable bonds is 4. The van der Waals surface area contributed by atoms with E-state index in [4.69, 9.17) is 0 Å². The molecule has 2 fully saturated rings. The highest BCUT2D eigenvalue weighted by Crippen LogP contribution is 2.66. The number of halogens is 1. The molecule has 2 saturated carbocycles.